The Bertz CT molecular complexity index is 699. The van der Waals surface area contributed by atoms with E-state index in [1.165, 1.54) is 0 Å². The van der Waals surface area contributed by atoms with Crippen molar-refractivity contribution in [1.29, 1.82) is 0 Å². The van der Waals surface area contributed by atoms with E-state index in [1.807, 2.05) is 43.3 Å². The van der Waals surface area contributed by atoms with Gasteiger partial charge in [0.05, 0.1) is 0 Å². The lowest BCUT2D eigenvalue weighted by Gasteiger charge is -2.06. The van der Waals surface area contributed by atoms with Crippen molar-refractivity contribution in [2.24, 2.45) is 5.73 Å². The normalized spacial score (nSPS) is 13.1. The predicted molar refractivity (Wildman–Crippen MR) is 73.4 cm³/mol. The van der Waals surface area contributed by atoms with Gasteiger partial charge in [0.1, 0.15) is 23.1 Å². The molecular formula is C14H12BrNO2. The van der Waals surface area contributed by atoms with Crippen LogP contribution in [0.1, 0.15) is 23.1 Å². The van der Waals surface area contributed by atoms with Crippen LogP contribution < -0.4 is 5.73 Å². The van der Waals surface area contributed by atoms with Crippen LogP contribution in [0.15, 0.2) is 49.9 Å². The molecule has 0 amide bonds. The molecule has 0 bridgehead atoms. The van der Waals surface area contributed by atoms with Gasteiger partial charge in [-0.3, -0.25) is 0 Å². The van der Waals surface area contributed by atoms with Crippen molar-refractivity contribution in [1.82, 2.24) is 0 Å². The number of fused-ring (bicyclic) bond motifs is 1. The summed E-state index contributed by atoms with van der Waals surface area (Å²) in [6, 6.07) is 11.2. The van der Waals surface area contributed by atoms with Crippen molar-refractivity contribution in [3.05, 3.63) is 58.2 Å². The van der Waals surface area contributed by atoms with Crippen molar-refractivity contribution in [2.75, 3.05) is 0 Å². The molecule has 2 aromatic heterocycles. The average Bonchev–Trinajstić information content (AvgIpc) is 2.94. The number of nitrogens with two attached hydrogens (primary N) is 1. The van der Waals surface area contributed by atoms with Crippen molar-refractivity contribution in [3.63, 3.8) is 0 Å². The number of hydrogen-bond acceptors (Lipinski definition) is 3. The van der Waals surface area contributed by atoms with Crippen LogP contribution >= 0.6 is 15.9 Å². The minimum atomic E-state index is -0.385. The van der Waals surface area contributed by atoms with Crippen LogP contribution in [0, 0.1) is 6.92 Å². The molecule has 3 nitrogen and oxygen atoms in total. The lowest BCUT2D eigenvalue weighted by atomic mass is 10.1. The van der Waals surface area contributed by atoms with Gasteiger partial charge in [-0.2, -0.15) is 0 Å². The van der Waals surface area contributed by atoms with Crippen LogP contribution in [0.25, 0.3) is 11.0 Å². The number of halogens is 1. The Labute approximate surface area is 113 Å². The molecule has 3 aromatic rings. The third kappa shape index (κ3) is 1.78. The topological polar surface area (TPSA) is 52.3 Å². The van der Waals surface area contributed by atoms with Gasteiger partial charge in [0.15, 0.2) is 4.67 Å². The fourth-order valence-electron chi connectivity index (χ4n) is 2.11. The molecule has 1 unspecified atom stereocenters. The molecule has 0 aliphatic heterocycles. The Morgan fingerprint density at radius 3 is 2.56 bits per heavy atom. The van der Waals surface area contributed by atoms with Gasteiger partial charge in [0, 0.05) is 10.9 Å². The van der Waals surface area contributed by atoms with Crippen LogP contribution in [0.2, 0.25) is 0 Å². The van der Waals surface area contributed by atoms with E-state index < -0.39 is 0 Å². The van der Waals surface area contributed by atoms with E-state index in [1.54, 1.807) is 0 Å². The third-order valence-corrected chi connectivity index (χ3v) is 3.49. The van der Waals surface area contributed by atoms with E-state index in [2.05, 4.69) is 15.9 Å². The Kier molecular flexibility index (Phi) is 2.76. The Balaban J connectivity index is 2.11. The first-order chi connectivity index (χ1) is 8.66. The van der Waals surface area contributed by atoms with Gasteiger partial charge < -0.3 is 14.6 Å². The maximum absolute atomic E-state index is 6.19. The van der Waals surface area contributed by atoms with Gasteiger partial charge in [-0.1, -0.05) is 18.2 Å². The summed E-state index contributed by atoms with van der Waals surface area (Å²) in [4.78, 5) is 0. The highest BCUT2D eigenvalue weighted by Crippen LogP contribution is 2.32. The largest absolute Gasteiger partial charge is 0.459 e. The maximum Gasteiger partial charge on any atom is 0.169 e. The van der Waals surface area contributed by atoms with Crippen LogP contribution in [0.4, 0.5) is 0 Å². The molecule has 18 heavy (non-hydrogen) atoms. The van der Waals surface area contributed by atoms with Gasteiger partial charge >= 0.3 is 0 Å². The summed E-state index contributed by atoms with van der Waals surface area (Å²) in [5.74, 6) is 1.43. The minimum Gasteiger partial charge on any atom is -0.459 e. The first-order valence-corrected chi connectivity index (χ1v) is 6.45. The van der Waals surface area contributed by atoms with Crippen molar-refractivity contribution in [3.8, 4) is 0 Å². The molecule has 1 atom stereocenters. The van der Waals surface area contributed by atoms with Crippen LogP contribution in [-0.2, 0) is 0 Å². The lowest BCUT2D eigenvalue weighted by Crippen LogP contribution is -2.10. The summed E-state index contributed by atoms with van der Waals surface area (Å²) in [7, 11) is 0. The van der Waals surface area contributed by atoms with E-state index in [9.17, 15) is 0 Å². The minimum absolute atomic E-state index is 0.385. The van der Waals surface area contributed by atoms with E-state index in [0.717, 1.165) is 22.3 Å². The van der Waals surface area contributed by atoms with Crippen LogP contribution in [0.5, 0.6) is 0 Å². The zero-order valence-electron chi connectivity index (χ0n) is 9.81. The van der Waals surface area contributed by atoms with Crippen LogP contribution in [-0.4, -0.2) is 0 Å². The van der Waals surface area contributed by atoms with Crippen molar-refractivity contribution < 1.29 is 8.83 Å². The second-order valence-corrected chi connectivity index (χ2v) is 4.99. The molecular weight excluding hydrogens is 294 g/mol. The van der Waals surface area contributed by atoms with Gasteiger partial charge in [0.2, 0.25) is 0 Å². The molecule has 0 saturated heterocycles. The van der Waals surface area contributed by atoms with E-state index in [4.69, 9.17) is 14.6 Å². The molecule has 2 heterocycles. The molecule has 0 aliphatic rings. The molecule has 0 saturated carbocycles. The van der Waals surface area contributed by atoms with Crippen molar-refractivity contribution in [2.45, 2.75) is 13.0 Å². The highest BCUT2D eigenvalue weighted by Gasteiger charge is 2.20. The van der Waals surface area contributed by atoms with Gasteiger partial charge in [0.25, 0.3) is 0 Å². The molecule has 92 valence electrons. The highest BCUT2D eigenvalue weighted by atomic mass is 79.9. The van der Waals surface area contributed by atoms with Crippen molar-refractivity contribution >= 4 is 26.9 Å². The van der Waals surface area contributed by atoms with Gasteiger partial charge in [-0.25, -0.2) is 0 Å². The zero-order valence-corrected chi connectivity index (χ0v) is 11.4. The molecule has 0 radical (unpaired) electrons. The average molecular weight is 306 g/mol. The summed E-state index contributed by atoms with van der Waals surface area (Å²) >= 11 is 3.27. The summed E-state index contributed by atoms with van der Waals surface area (Å²) in [6.07, 6.45) is 0. The summed E-state index contributed by atoms with van der Waals surface area (Å²) < 4.78 is 12.0. The highest BCUT2D eigenvalue weighted by molar-refractivity contribution is 9.10. The quantitative estimate of drug-likeness (QED) is 0.774. The second kappa shape index (κ2) is 4.30. The number of aryl methyl sites for hydroxylation is 1. The van der Waals surface area contributed by atoms with E-state index in [0.29, 0.717) is 10.4 Å². The third-order valence-electron chi connectivity index (χ3n) is 3.06. The number of furan rings is 2. The maximum atomic E-state index is 6.19. The molecule has 0 fully saturated rings. The summed E-state index contributed by atoms with van der Waals surface area (Å²) in [5.41, 5.74) is 8.10. The van der Waals surface area contributed by atoms with E-state index >= 15 is 0 Å². The standard InChI is InChI=1S/C14H12BrNO2/c1-8-9-4-2-3-5-10(9)18-14(8)13(16)11-6-7-12(15)17-11/h2-7,13H,16H2,1H3. The molecule has 0 spiro atoms. The Morgan fingerprint density at radius 2 is 1.89 bits per heavy atom. The smallest absolute Gasteiger partial charge is 0.169 e. The predicted octanol–water partition coefficient (Wildman–Crippen LogP) is 4.14. The Morgan fingerprint density at radius 1 is 1.11 bits per heavy atom. The molecule has 4 heteroatoms. The van der Waals surface area contributed by atoms with E-state index in [-0.39, 0.29) is 6.04 Å². The molecule has 0 aliphatic carbocycles. The fourth-order valence-corrected chi connectivity index (χ4v) is 2.43. The first-order valence-electron chi connectivity index (χ1n) is 5.65. The number of benzene rings is 1. The zero-order chi connectivity index (χ0) is 12.7. The van der Waals surface area contributed by atoms with Crippen LogP contribution in [0.3, 0.4) is 0 Å². The number of hydrogen-bond donors (Lipinski definition) is 1. The first kappa shape index (κ1) is 11.6. The summed E-state index contributed by atoms with van der Waals surface area (Å²) in [6.45, 7) is 2.01. The van der Waals surface area contributed by atoms with Gasteiger partial charge in [-0.05, 0) is 41.1 Å². The molecule has 2 N–H and O–H groups in total. The molecule has 3 rings (SSSR count). The Hall–Kier alpha value is -1.52. The summed E-state index contributed by atoms with van der Waals surface area (Å²) in [5, 5.41) is 1.09. The van der Waals surface area contributed by atoms with Gasteiger partial charge in [-0.15, -0.1) is 0 Å². The fraction of sp³-hybridized carbons (Fsp3) is 0.143. The number of rotatable bonds is 2. The SMILES string of the molecule is Cc1c(C(N)c2ccc(Br)o2)oc2ccccc12. The molecule has 1 aromatic carbocycles. The number of para-hydroxylation sites is 1. The monoisotopic (exact) mass is 305 g/mol. The lowest BCUT2D eigenvalue weighted by molar-refractivity contribution is 0.432. The second-order valence-electron chi connectivity index (χ2n) is 4.21.